The summed E-state index contributed by atoms with van der Waals surface area (Å²) < 4.78 is 0. The van der Waals surface area contributed by atoms with Crippen molar-refractivity contribution in [3.63, 3.8) is 0 Å². The van der Waals surface area contributed by atoms with E-state index in [9.17, 15) is 0 Å². The summed E-state index contributed by atoms with van der Waals surface area (Å²) in [6.45, 7) is 3.81. The highest BCUT2D eigenvalue weighted by Gasteiger charge is 2.12. The Morgan fingerprint density at radius 1 is 0.947 bits per heavy atom. The normalized spacial score (nSPS) is 12.7. The van der Waals surface area contributed by atoms with Gasteiger partial charge in [-0.05, 0) is 39.6 Å². The average molecular weight is 247 g/mol. The molecule has 0 saturated heterocycles. The Morgan fingerprint density at radius 3 is 2.00 bits per heavy atom. The van der Waals surface area contributed by atoms with Crippen molar-refractivity contribution in [1.29, 1.82) is 0 Å². The molecule has 3 rings (SSSR count). The van der Waals surface area contributed by atoms with Gasteiger partial charge in [0.05, 0.1) is 0 Å². The van der Waals surface area contributed by atoms with E-state index in [4.69, 9.17) is 5.73 Å². The zero-order valence-electron chi connectivity index (χ0n) is 10.8. The molecule has 1 nitrogen and oxygen atoms in total. The van der Waals surface area contributed by atoms with Crippen molar-refractivity contribution in [2.75, 3.05) is 0 Å². The quantitative estimate of drug-likeness (QED) is 0.532. The van der Waals surface area contributed by atoms with E-state index >= 15 is 0 Å². The third-order valence-electron chi connectivity index (χ3n) is 3.60. The van der Waals surface area contributed by atoms with Gasteiger partial charge in [-0.2, -0.15) is 0 Å². The molecule has 0 aliphatic heterocycles. The van der Waals surface area contributed by atoms with E-state index in [0.717, 1.165) is 6.42 Å². The number of hydrogen-bond donors (Lipinski definition) is 1. The standard InChI is InChI=1S/C18H17N/c1-2-7-17(19)18-15-10-5-3-8-13(15)12-14-9-4-6-11-16(14)18/h2-6,8-12,17H,1,7,19H2/t17-/m0/s1. The minimum atomic E-state index is -0.00602. The maximum absolute atomic E-state index is 6.37. The van der Waals surface area contributed by atoms with Crippen molar-refractivity contribution in [2.45, 2.75) is 12.5 Å². The molecule has 0 radical (unpaired) electrons. The van der Waals surface area contributed by atoms with Gasteiger partial charge in [-0.25, -0.2) is 0 Å². The third-order valence-corrected chi connectivity index (χ3v) is 3.60. The molecule has 3 aromatic carbocycles. The van der Waals surface area contributed by atoms with Crippen LogP contribution in [0.25, 0.3) is 21.5 Å². The average Bonchev–Trinajstić information content (AvgIpc) is 2.44. The van der Waals surface area contributed by atoms with Crippen LogP contribution in [0.4, 0.5) is 0 Å². The molecule has 1 atom stereocenters. The highest BCUT2D eigenvalue weighted by atomic mass is 14.6. The lowest BCUT2D eigenvalue weighted by Gasteiger charge is -2.16. The number of hydrogen-bond acceptors (Lipinski definition) is 1. The van der Waals surface area contributed by atoms with E-state index in [0.29, 0.717) is 0 Å². The van der Waals surface area contributed by atoms with Crippen LogP contribution in [0.15, 0.2) is 67.3 Å². The van der Waals surface area contributed by atoms with Gasteiger partial charge in [0, 0.05) is 6.04 Å². The number of nitrogens with two attached hydrogens (primary N) is 1. The highest BCUT2D eigenvalue weighted by Crippen LogP contribution is 2.33. The van der Waals surface area contributed by atoms with Crippen LogP contribution in [-0.4, -0.2) is 0 Å². The fourth-order valence-electron chi connectivity index (χ4n) is 2.75. The lowest BCUT2D eigenvalue weighted by molar-refractivity contribution is 0.755. The zero-order valence-corrected chi connectivity index (χ0v) is 10.8. The first-order valence-electron chi connectivity index (χ1n) is 6.58. The Morgan fingerprint density at radius 2 is 1.47 bits per heavy atom. The fraction of sp³-hybridized carbons (Fsp3) is 0.111. The molecule has 94 valence electrons. The first-order valence-corrected chi connectivity index (χ1v) is 6.58. The first-order chi connectivity index (χ1) is 9.31. The van der Waals surface area contributed by atoms with Crippen molar-refractivity contribution in [3.05, 3.63) is 72.8 Å². The summed E-state index contributed by atoms with van der Waals surface area (Å²) in [5, 5.41) is 4.98. The molecule has 0 heterocycles. The summed E-state index contributed by atoms with van der Waals surface area (Å²) in [7, 11) is 0. The van der Waals surface area contributed by atoms with Crippen LogP contribution < -0.4 is 5.73 Å². The zero-order chi connectivity index (χ0) is 13.2. The summed E-state index contributed by atoms with van der Waals surface area (Å²) in [6.07, 6.45) is 2.68. The van der Waals surface area contributed by atoms with E-state index in [1.165, 1.54) is 27.1 Å². The van der Waals surface area contributed by atoms with Gasteiger partial charge in [-0.1, -0.05) is 54.6 Å². The topological polar surface area (TPSA) is 26.0 Å². The number of fused-ring (bicyclic) bond motifs is 2. The second-order valence-electron chi connectivity index (χ2n) is 4.86. The molecule has 1 heteroatoms. The SMILES string of the molecule is C=CC[C@H](N)c1c2ccccc2cc2ccccc12. The molecule has 2 N–H and O–H groups in total. The summed E-state index contributed by atoms with van der Waals surface area (Å²) in [6, 6.07) is 19.1. The van der Waals surface area contributed by atoms with Gasteiger partial charge in [0.15, 0.2) is 0 Å². The Bertz CT molecular complexity index is 689. The molecule has 0 aromatic heterocycles. The summed E-state index contributed by atoms with van der Waals surface area (Å²) in [5.41, 5.74) is 7.60. The summed E-state index contributed by atoms with van der Waals surface area (Å²) in [4.78, 5) is 0. The molecular weight excluding hydrogens is 230 g/mol. The van der Waals surface area contributed by atoms with Crippen LogP contribution in [0, 0.1) is 0 Å². The van der Waals surface area contributed by atoms with Crippen LogP contribution in [-0.2, 0) is 0 Å². The molecule has 0 bridgehead atoms. The summed E-state index contributed by atoms with van der Waals surface area (Å²) >= 11 is 0. The minimum Gasteiger partial charge on any atom is -0.324 e. The maximum atomic E-state index is 6.37. The van der Waals surface area contributed by atoms with E-state index in [-0.39, 0.29) is 6.04 Å². The second kappa shape index (κ2) is 4.87. The molecule has 0 saturated carbocycles. The molecule has 0 amide bonds. The van der Waals surface area contributed by atoms with Gasteiger partial charge in [-0.15, -0.1) is 6.58 Å². The van der Waals surface area contributed by atoms with E-state index in [1.54, 1.807) is 0 Å². The van der Waals surface area contributed by atoms with Crippen molar-refractivity contribution in [1.82, 2.24) is 0 Å². The Hall–Kier alpha value is -2.12. The van der Waals surface area contributed by atoms with Gasteiger partial charge >= 0.3 is 0 Å². The minimum absolute atomic E-state index is 0.00602. The first kappa shape index (κ1) is 11.9. The van der Waals surface area contributed by atoms with Crippen molar-refractivity contribution in [2.24, 2.45) is 5.73 Å². The molecule has 0 spiro atoms. The molecule has 19 heavy (non-hydrogen) atoms. The van der Waals surface area contributed by atoms with Crippen molar-refractivity contribution in [3.8, 4) is 0 Å². The Balaban J connectivity index is 2.42. The van der Waals surface area contributed by atoms with E-state index in [1.807, 2.05) is 6.08 Å². The van der Waals surface area contributed by atoms with Gasteiger partial charge in [0.2, 0.25) is 0 Å². The van der Waals surface area contributed by atoms with Crippen molar-refractivity contribution >= 4 is 21.5 Å². The van der Waals surface area contributed by atoms with Crippen LogP contribution in [0.5, 0.6) is 0 Å². The Labute approximate surface area is 113 Å². The van der Waals surface area contributed by atoms with E-state index < -0.39 is 0 Å². The molecule has 0 unspecified atom stereocenters. The molecule has 0 aliphatic carbocycles. The van der Waals surface area contributed by atoms with Gasteiger partial charge in [0.25, 0.3) is 0 Å². The predicted molar refractivity (Wildman–Crippen MR) is 83.2 cm³/mol. The second-order valence-corrected chi connectivity index (χ2v) is 4.86. The predicted octanol–water partition coefficient (Wildman–Crippen LogP) is 4.57. The fourth-order valence-corrected chi connectivity index (χ4v) is 2.75. The van der Waals surface area contributed by atoms with Gasteiger partial charge in [-0.3, -0.25) is 0 Å². The molecule has 0 fully saturated rings. The molecule has 3 aromatic rings. The summed E-state index contributed by atoms with van der Waals surface area (Å²) in [5.74, 6) is 0. The molecular formula is C18H17N. The van der Waals surface area contributed by atoms with Gasteiger partial charge < -0.3 is 5.73 Å². The largest absolute Gasteiger partial charge is 0.324 e. The lowest BCUT2D eigenvalue weighted by atomic mass is 9.91. The lowest BCUT2D eigenvalue weighted by Crippen LogP contribution is -2.10. The van der Waals surface area contributed by atoms with Gasteiger partial charge in [0.1, 0.15) is 0 Å². The molecule has 0 aliphatic rings. The smallest absolute Gasteiger partial charge is 0.0342 e. The van der Waals surface area contributed by atoms with Crippen LogP contribution >= 0.6 is 0 Å². The van der Waals surface area contributed by atoms with Crippen LogP contribution in [0.3, 0.4) is 0 Å². The number of benzene rings is 3. The van der Waals surface area contributed by atoms with Crippen LogP contribution in [0.2, 0.25) is 0 Å². The van der Waals surface area contributed by atoms with Crippen LogP contribution in [0.1, 0.15) is 18.0 Å². The Kier molecular flexibility index (Phi) is 3.06. The monoisotopic (exact) mass is 247 g/mol. The van der Waals surface area contributed by atoms with Crippen molar-refractivity contribution < 1.29 is 0 Å². The highest BCUT2D eigenvalue weighted by molar-refractivity contribution is 6.02. The maximum Gasteiger partial charge on any atom is 0.0342 e. The van der Waals surface area contributed by atoms with E-state index in [2.05, 4.69) is 61.2 Å². The number of rotatable bonds is 3. The third kappa shape index (κ3) is 2.02.